The fraction of sp³-hybridized carbons (Fsp3) is 0.318. The lowest BCUT2D eigenvalue weighted by Crippen LogP contribution is -2.38. The second kappa shape index (κ2) is 9.13. The number of likely N-dealkylation sites (tertiary alicyclic amines) is 1. The molecule has 3 aromatic rings. The molecule has 1 saturated heterocycles. The van der Waals surface area contributed by atoms with Crippen LogP contribution in [-0.2, 0) is 17.8 Å². The molecular weight excluding hydrogens is 387 g/mol. The molecule has 0 N–H and O–H groups in total. The summed E-state index contributed by atoms with van der Waals surface area (Å²) in [6.07, 6.45) is 2.69. The average Bonchev–Trinajstić information content (AvgIpc) is 3.42. The van der Waals surface area contributed by atoms with E-state index in [1.165, 1.54) is 23.7 Å². The van der Waals surface area contributed by atoms with Crippen molar-refractivity contribution >= 4 is 22.6 Å². The van der Waals surface area contributed by atoms with Gasteiger partial charge in [0.1, 0.15) is 11.6 Å². The first-order valence-corrected chi connectivity index (χ1v) is 10.6. The molecule has 2 aromatic carbocycles. The molecule has 1 aliphatic rings. The molecule has 0 saturated carbocycles. The van der Waals surface area contributed by atoms with Crippen molar-refractivity contribution in [3.63, 3.8) is 0 Å². The van der Waals surface area contributed by atoms with Gasteiger partial charge in [0, 0.05) is 37.6 Å². The topological polar surface area (TPSA) is 49.3 Å². The number of aromatic nitrogens is 2. The van der Waals surface area contributed by atoms with E-state index in [4.69, 9.17) is 0 Å². The highest BCUT2D eigenvalue weighted by Gasteiger charge is 2.23. The number of nitrogens with zero attached hydrogens (tertiary/aromatic N) is 4. The van der Waals surface area contributed by atoms with Crippen LogP contribution in [0.3, 0.4) is 0 Å². The Balaban J connectivity index is 1.51. The number of benzene rings is 2. The highest BCUT2D eigenvalue weighted by atomic mass is 32.1. The number of carbonyl (C=O) groups is 1. The summed E-state index contributed by atoms with van der Waals surface area (Å²) in [6.45, 7) is 2.57. The minimum absolute atomic E-state index is 0.133. The monoisotopic (exact) mass is 410 g/mol. The second-order valence-electron chi connectivity index (χ2n) is 7.23. The first-order chi connectivity index (χ1) is 14.2. The number of hydrogen-bond donors (Lipinski definition) is 0. The normalized spacial score (nSPS) is 13.6. The molecule has 150 valence electrons. The highest BCUT2D eigenvalue weighted by molar-refractivity contribution is 7.09. The number of anilines is 1. The maximum atomic E-state index is 13.1. The van der Waals surface area contributed by atoms with E-state index in [0.29, 0.717) is 25.3 Å². The molecule has 0 spiro atoms. The van der Waals surface area contributed by atoms with Crippen molar-refractivity contribution in [1.82, 2.24) is 14.3 Å². The van der Waals surface area contributed by atoms with Crippen molar-refractivity contribution in [1.29, 1.82) is 0 Å². The van der Waals surface area contributed by atoms with Crippen molar-refractivity contribution < 1.29 is 9.18 Å². The van der Waals surface area contributed by atoms with Crippen LogP contribution in [0.25, 0.3) is 0 Å². The van der Waals surface area contributed by atoms with Gasteiger partial charge >= 0.3 is 0 Å². The molecule has 7 heteroatoms. The predicted molar refractivity (Wildman–Crippen MR) is 112 cm³/mol. The molecule has 0 aliphatic carbocycles. The van der Waals surface area contributed by atoms with Gasteiger partial charge in [-0.15, -0.1) is 0 Å². The Kier molecular flexibility index (Phi) is 6.14. The van der Waals surface area contributed by atoms with Gasteiger partial charge in [-0.25, -0.2) is 9.37 Å². The molecule has 4 rings (SSSR count). The number of halogens is 1. The zero-order chi connectivity index (χ0) is 20.1. The van der Waals surface area contributed by atoms with Gasteiger partial charge in [0.2, 0.25) is 11.0 Å². The van der Waals surface area contributed by atoms with Crippen LogP contribution < -0.4 is 4.90 Å². The Morgan fingerprint density at radius 2 is 1.76 bits per heavy atom. The number of hydrogen-bond acceptors (Lipinski definition) is 5. The number of carbonyl (C=O) groups excluding carboxylic acids is 1. The molecule has 0 atom stereocenters. The quantitative estimate of drug-likeness (QED) is 0.593. The summed E-state index contributed by atoms with van der Waals surface area (Å²) in [5.74, 6) is 0.562. The van der Waals surface area contributed by atoms with Gasteiger partial charge in [-0.1, -0.05) is 42.5 Å². The van der Waals surface area contributed by atoms with E-state index in [-0.39, 0.29) is 11.7 Å². The largest absolute Gasteiger partial charge is 0.341 e. The molecule has 2 heterocycles. The summed E-state index contributed by atoms with van der Waals surface area (Å²) in [6, 6.07) is 16.4. The lowest BCUT2D eigenvalue weighted by Gasteiger charge is -2.24. The summed E-state index contributed by atoms with van der Waals surface area (Å²) in [7, 11) is 0. The maximum Gasteiger partial charge on any atom is 0.242 e. The summed E-state index contributed by atoms with van der Waals surface area (Å²) in [5, 5.41) is 0.735. The molecule has 0 radical (unpaired) electrons. The van der Waals surface area contributed by atoms with Gasteiger partial charge in [0.15, 0.2) is 0 Å². The van der Waals surface area contributed by atoms with E-state index in [1.54, 1.807) is 12.1 Å². The van der Waals surface area contributed by atoms with E-state index in [1.807, 2.05) is 40.1 Å². The van der Waals surface area contributed by atoms with E-state index in [0.717, 1.165) is 42.2 Å². The van der Waals surface area contributed by atoms with Crippen LogP contribution >= 0.6 is 11.5 Å². The van der Waals surface area contributed by atoms with E-state index in [2.05, 4.69) is 9.36 Å². The molecule has 0 bridgehead atoms. The lowest BCUT2D eigenvalue weighted by atomic mass is 10.1. The average molecular weight is 411 g/mol. The van der Waals surface area contributed by atoms with Crippen LogP contribution in [0.2, 0.25) is 0 Å². The lowest BCUT2D eigenvalue weighted by molar-refractivity contribution is -0.128. The first kappa shape index (κ1) is 19.5. The molecule has 1 aromatic heterocycles. The van der Waals surface area contributed by atoms with Gasteiger partial charge in [-0.3, -0.25) is 4.79 Å². The summed E-state index contributed by atoms with van der Waals surface area (Å²) in [4.78, 5) is 21.4. The minimum atomic E-state index is -0.255. The van der Waals surface area contributed by atoms with Crippen LogP contribution in [0, 0.1) is 5.82 Å². The minimum Gasteiger partial charge on any atom is -0.341 e. The second-order valence-corrected chi connectivity index (χ2v) is 7.96. The van der Waals surface area contributed by atoms with Crippen LogP contribution in [0.5, 0.6) is 0 Å². The Bertz CT molecular complexity index is 939. The van der Waals surface area contributed by atoms with Gasteiger partial charge < -0.3 is 9.80 Å². The van der Waals surface area contributed by atoms with Crippen LogP contribution in [0.4, 0.5) is 9.52 Å². The molecule has 29 heavy (non-hydrogen) atoms. The van der Waals surface area contributed by atoms with Gasteiger partial charge in [-0.05, 0) is 36.1 Å². The standard InChI is InChI=1S/C22H23FN4OS/c23-19-10-8-17(9-11-19)14-20-24-22(29-25-20)27(15-18-6-2-1-3-7-18)16-21(28)26-12-4-5-13-26/h1-3,6-11H,4-5,12-16H2. The fourth-order valence-corrected chi connectivity index (χ4v) is 4.14. The molecule has 1 fully saturated rings. The highest BCUT2D eigenvalue weighted by Crippen LogP contribution is 2.22. The van der Waals surface area contributed by atoms with Gasteiger partial charge in [-0.2, -0.15) is 4.37 Å². The summed E-state index contributed by atoms with van der Waals surface area (Å²) in [5.41, 5.74) is 2.08. The molecular formula is C22H23FN4OS. The summed E-state index contributed by atoms with van der Waals surface area (Å²) < 4.78 is 17.6. The van der Waals surface area contributed by atoms with Crippen LogP contribution in [-0.4, -0.2) is 39.8 Å². The van der Waals surface area contributed by atoms with E-state index in [9.17, 15) is 9.18 Å². The number of rotatable bonds is 7. The van der Waals surface area contributed by atoms with Gasteiger partial charge in [0.05, 0.1) is 6.54 Å². The Morgan fingerprint density at radius 1 is 1.03 bits per heavy atom. The van der Waals surface area contributed by atoms with Crippen molar-refractivity contribution in [2.45, 2.75) is 25.8 Å². The zero-order valence-corrected chi connectivity index (χ0v) is 16.9. The Morgan fingerprint density at radius 3 is 2.48 bits per heavy atom. The van der Waals surface area contributed by atoms with Crippen molar-refractivity contribution in [2.24, 2.45) is 0 Å². The van der Waals surface area contributed by atoms with E-state index < -0.39 is 0 Å². The van der Waals surface area contributed by atoms with Crippen molar-refractivity contribution in [2.75, 3.05) is 24.5 Å². The smallest absolute Gasteiger partial charge is 0.242 e. The number of amides is 1. The van der Waals surface area contributed by atoms with Gasteiger partial charge in [0.25, 0.3) is 0 Å². The third-order valence-electron chi connectivity index (χ3n) is 5.00. The Hall–Kier alpha value is -2.80. The molecule has 1 amide bonds. The third-order valence-corrected chi connectivity index (χ3v) is 5.82. The summed E-state index contributed by atoms with van der Waals surface area (Å²) >= 11 is 1.30. The van der Waals surface area contributed by atoms with Crippen molar-refractivity contribution in [3.05, 3.63) is 77.4 Å². The first-order valence-electron chi connectivity index (χ1n) is 9.81. The fourth-order valence-electron chi connectivity index (χ4n) is 3.45. The SMILES string of the molecule is O=C(CN(Cc1ccccc1)c1nc(Cc2ccc(F)cc2)ns1)N1CCCC1. The van der Waals surface area contributed by atoms with E-state index >= 15 is 0 Å². The third kappa shape index (κ3) is 5.17. The molecule has 5 nitrogen and oxygen atoms in total. The molecule has 1 aliphatic heterocycles. The Labute approximate surface area is 174 Å². The zero-order valence-electron chi connectivity index (χ0n) is 16.1. The predicted octanol–water partition coefficient (Wildman–Crippen LogP) is 3.90. The van der Waals surface area contributed by atoms with Crippen LogP contribution in [0.1, 0.15) is 29.8 Å². The maximum absolute atomic E-state index is 13.1. The van der Waals surface area contributed by atoms with Crippen molar-refractivity contribution in [3.8, 4) is 0 Å². The van der Waals surface area contributed by atoms with Crippen LogP contribution in [0.15, 0.2) is 54.6 Å². The molecule has 0 unspecified atom stereocenters.